The van der Waals surface area contributed by atoms with Crippen LogP contribution in [-0.4, -0.2) is 45.2 Å². The van der Waals surface area contributed by atoms with E-state index < -0.39 is 0 Å². The first-order chi connectivity index (χ1) is 14.1. The molecule has 3 heterocycles. The number of nitrogens with one attached hydrogen (secondary N) is 1. The Labute approximate surface area is 175 Å². The highest BCUT2D eigenvalue weighted by Crippen LogP contribution is 2.32. The van der Waals surface area contributed by atoms with Gasteiger partial charge < -0.3 is 5.32 Å². The number of benzene rings is 1. The molecule has 1 aromatic carbocycles. The zero-order valence-corrected chi connectivity index (χ0v) is 17.1. The van der Waals surface area contributed by atoms with Gasteiger partial charge in [0.05, 0.1) is 11.1 Å². The van der Waals surface area contributed by atoms with E-state index >= 15 is 0 Å². The van der Waals surface area contributed by atoms with E-state index in [9.17, 15) is 14.4 Å². The summed E-state index contributed by atoms with van der Waals surface area (Å²) in [6.45, 7) is 4.83. The maximum absolute atomic E-state index is 13.3. The average molecular weight is 427 g/mol. The number of nitrogens with zero attached hydrogens (tertiary/aromatic N) is 3. The van der Waals surface area contributed by atoms with E-state index in [1.165, 1.54) is 20.8 Å². The van der Waals surface area contributed by atoms with Crippen LogP contribution >= 0.6 is 23.1 Å². The van der Waals surface area contributed by atoms with E-state index in [1.807, 2.05) is 35.7 Å². The predicted molar refractivity (Wildman–Crippen MR) is 115 cm³/mol. The predicted octanol–water partition coefficient (Wildman–Crippen LogP) is 2.95. The fourth-order valence-corrected chi connectivity index (χ4v) is 5.02. The Morgan fingerprint density at radius 3 is 2.79 bits per heavy atom. The second kappa shape index (κ2) is 8.22. The molecule has 0 aliphatic carbocycles. The lowest BCUT2D eigenvalue weighted by Gasteiger charge is -2.13. The van der Waals surface area contributed by atoms with Crippen LogP contribution in [-0.2, 0) is 11.3 Å². The van der Waals surface area contributed by atoms with Crippen molar-refractivity contribution in [2.24, 2.45) is 0 Å². The van der Waals surface area contributed by atoms with Crippen LogP contribution in [0.2, 0.25) is 0 Å². The molecule has 0 bridgehead atoms. The van der Waals surface area contributed by atoms with E-state index in [2.05, 4.69) is 16.9 Å². The van der Waals surface area contributed by atoms with Gasteiger partial charge in [0, 0.05) is 30.6 Å². The molecule has 0 saturated carbocycles. The van der Waals surface area contributed by atoms with Gasteiger partial charge >= 0.3 is 6.03 Å². The molecule has 7 nitrogen and oxygen atoms in total. The van der Waals surface area contributed by atoms with E-state index in [1.54, 1.807) is 6.08 Å². The molecule has 1 N–H and O–H groups in total. The summed E-state index contributed by atoms with van der Waals surface area (Å²) in [4.78, 5) is 43.7. The maximum Gasteiger partial charge on any atom is 0.324 e. The van der Waals surface area contributed by atoms with Gasteiger partial charge in [-0.2, -0.15) is 0 Å². The summed E-state index contributed by atoms with van der Waals surface area (Å²) in [5, 5.41) is 5.55. The van der Waals surface area contributed by atoms with Crippen LogP contribution < -0.4 is 10.9 Å². The first-order valence-electron chi connectivity index (χ1n) is 8.99. The second-order valence-electron chi connectivity index (χ2n) is 6.36. The number of hydrogen-bond acceptors (Lipinski definition) is 6. The Bertz CT molecular complexity index is 1150. The summed E-state index contributed by atoms with van der Waals surface area (Å²) in [7, 11) is 0. The van der Waals surface area contributed by atoms with E-state index in [-0.39, 0.29) is 29.8 Å². The summed E-state index contributed by atoms with van der Waals surface area (Å²) < 4.78 is 1.52. The number of amides is 3. The van der Waals surface area contributed by atoms with Crippen molar-refractivity contribution in [1.29, 1.82) is 0 Å². The lowest BCUT2D eigenvalue weighted by atomic mass is 10.1. The van der Waals surface area contributed by atoms with Crippen LogP contribution in [0.4, 0.5) is 4.79 Å². The smallest absolute Gasteiger partial charge is 0.324 e. The van der Waals surface area contributed by atoms with Gasteiger partial charge in [-0.15, -0.1) is 17.9 Å². The molecule has 2 aromatic heterocycles. The van der Waals surface area contributed by atoms with Gasteiger partial charge in [-0.25, -0.2) is 9.78 Å². The van der Waals surface area contributed by atoms with Gasteiger partial charge in [0.2, 0.25) is 5.91 Å². The monoisotopic (exact) mass is 426 g/mol. The fraction of sp³-hybridized carbons (Fsp3) is 0.200. The number of carbonyl (C=O) groups excluding carboxylic acids is 2. The molecule has 3 amide bonds. The molecule has 0 radical (unpaired) electrons. The number of hydrogen-bond donors (Lipinski definition) is 1. The molecule has 1 aliphatic rings. The van der Waals surface area contributed by atoms with Gasteiger partial charge in [-0.1, -0.05) is 48.2 Å². The Morgan fingerprint density at radius 2 is 2.10 bits per heavy atom. The van der Waals surface area contributed by atoms with Crippen LogP contribution in [0.25, 0.3) is 21.3 Å². The van der Waals surface area contributed by atoms with Crippen molar-refractivity contribution >= 4 is 45.3 Å². The standard InChI is InChI=1S/C20H18N4O3S2/c1-2-9-24-18(26)16-14(13-6-4-3-5-7-13)11-28-17(16)22-20(24)29-12-15(25)23-10-8-21-19(23)27/h2-7,11H,1,8-10,12H2,(H,21,27). The highest BCUT2D eigenvalue weighted by molar-refractivity contribution is 7.99. The average Bonchev–Trinajstić information content (AvgIpc) is 3.35. The molecule has 3 aromatic rings. The Hall–Kier alpha value is -2.91. The van der Waals surface area contributed by atoms with Gasteiger partial charge in [-0.05, 0) is 5.56 Å². The number of urea groups is 1. The van der Waals surface area contributed by atoms with E-state index in [0.717, 1.165) is 22.9 Å². The molecule has 4 rings (SSSR count). The summed E-state index contributed by atoms with van der Waals surface area (Å²) in [5.74, 6) is -0.278. The lowest BCUT2D eigenvalue weighted by molar-refractivity contribution is -0.124. The Kier molecular flexibility index (Phi) is 5.50. The minimum atomic E-state index is -0.381. The molecule has 0 unspecified atom stereocenters. The van der Waals surface area contributed by atoms with Crippen molar-refractivity contribution in [2.75, 3.05) is 18.8 Å². The molecule has 0 spiro atoms. The summed E-state index contributed by atoms with van der Waals surface area (Å²) in [5.41, 5.74) is 1.64. The van der Waals surface area contributed by atoms with E-state index in [4.69, 9.17) is 0 Å². The van der Waals surface area contributed by atoms with Crippen molar-refractivity contribution < 1.29 is 9.59 Å². The third-order valence-corrected chi connectivity index (χ3v) is 6.37. The lowest BCUT2D eigenvalue weighted by Crippen LogP contribution is -2.35. The molecule has 1 aliphatic heterocycles. The highest BCUT2D eigenvalue weighted by atomic mass is 32.2. The van der Waals surface area contributed by atoms with Crippen LogP contribution in [0.1, 0.15) is 0 Å². The number of aromatic nitrogens is 2. The largest absolute Gasteiger partial charge is 0.336 e. The zero-order valence-electron chi connectivity index (χ0n) is 15.5. The molecule has 148 valence electrons. The van der Waals surface area contributed by atoms with Crippen LogP contribution in [0.15, 0.2) is 58.3 Å². The fourth-order valence-electron chi connectivity index (χ4n) is 3.15. The molecule has 9 heteroatoms. The van der Waals surface area contributed by atoms with Crippen molar-refractivity contribution in [1.82, 2.24) is 19.8 Å². The van der Waals surface area contributed by atoms with Crippen LogP contribution in [0, 0.1) is 0 Å². The summed E-state index contributed by atoms with van der Waals surface area (Å²) >= 11 is 2.56. The van der Waals surface area contributed by atoms with Crippen molar-refractivity contribution in [3.63, 3.8) is 0 Å². The molecular weight excluding hydrogens is 408 g/mol. The van der Waals surface area contributed by atoms with Crippen molar-refractivity contribution in [3.05, 3.63) is 58.7 Å². The third-order valence-electron chi connectivity index (χ3n) is 4.54. The summed E-state index contributed by atoms with van der Waals surface area (Å²) in [6, 6.07) is 9.33. The quantitative estimate of drug-likeness (QED) is 0.372. The zero-order chi connectivity index (χ0) is 20.4. The van der Waals surface area contributed by atoms with Gasteiger partial charge in [-0.3, -0.25) is 19.1 Å². The number of thioether (sulfide) groups is 1. The van der Waals surface area contributed by atoms with Gasteiger partial charge in [0.15, 0.2) is 5.16 Å². The second-order valence-corrected chi connectivity index (χ2v) is 8.16. The highest BCUT2D eigenvalue weighted by Gasteiger charge is 2.26. The topological polar surface area (TPSA) is 84.3 Å². The SMILES string of the molecule is C=CCn1c(SCC(=O)N2CCNC2=O)nc2scc(-c3ccccc3)c2c1=O. The number of allylic oxidation sites excluding steroid dienone is 1. The van der Waals surface area contributed by atoms with E-state index in [0.29, 0.717) is 28.5 Å². The first kappa shape index (κ1) is 19.4. The van der Waals surface area contributed by atoms with Crippen molar-refractivity contribution in [3.8, 4) is 11.1 Å². The number of carbonyl (C=O) groups is 2. The maximum atomic E-state index is 13.3. The number of imide groups is 1. The first-order valence-corrected chi connectivity index (χ1v) is 10.9. The number of rotatable bonds is 6. The third kappa shape index (κ3) is 3.70. The van der Waals surface area contributed by atoms with Crippen LogP contribution in [0.5, 0.6) is 0 Å². The molecule has 1 fully saturated rings. The molecule has 0 atom stereocenters. The minimum absolute atomic E-state index is 0.0272. The molecular formula is C20H18N4O3S2. The molecule has 1 saturated heterocycles. The number of fused-ring (bicyclic) bond motifs is 1. The van der Waals surface area contributed by atoms with Crippen LogP contribution in [0.3, 0.4) is 0 Å². The molecule has 29 heavy (non-hydrogen) atoms. The minimum Gasteiger partial charge on any atom is -0.336 e. The normalized spacial score (nSPS) is 13.7. The van der Waals surface area contributed by atoms with Gasteiger partial charge in [0.25, 0.3) is 5.56 Å². The summed E-state index contributed by atoms with van der Waals surface area (Å²) in [6.07, 6.45) is 1.63. The Balaban J connectivity index is 1.70. The van der Waals surface area contributed by atoms with Crippen molar-refractivity contribution in [2.45, 2.75) is 11.7 Å². The number of thiophene rings is 1. The van der Waals surface area contributed by atoms with Gasteiger partial charge in [0.1, 0.15) is 4.83 Å². The Morgan fingerprint density at radius 1 is 1.31 bits per heavy atom.